The van der Waals surface area contributed by atoms with Gasteiger partial charge in [0.2, 0.25) is 0 Å². The number of ether oxygens (including phenoxy) is 4. The molecule has 5 rings (SSSR count). The zero-order valence-corrected chi connectivity index (χ0v) is 52.2. The smallest absolute Gasteiger partial charge is 0.496 e. The quantitative estimate of drug-likeness (QED) is 0.0224. The van der Waals surface area contributed by atoms with Gasteiger partial charge in [0.1, 0.15) is 46.0 Å². The van der Waals surface area contributed by atoms with Crippen molar-refractivity contribution < 1.29 is 122 Å². The molecule has 88 heavy (non-hydrogen) atoms. The number of fused-ring (bicyclic) bond motifs is 8. The van der Waals surface area contributed by atoms with Gasteiger partial charge in [0.05, 0.1) is 28.4 Å². The molecule has 4 aromatic rings. The molecule has 32 heteroatoms. The summed E-state index contributed by atoms with van der Waals surface area (Å²) >= 11 is 0. The van der Waals surface area contributed by atoms with Crippen molar-refractivity contribution >= 4 is 40.5 Å². The van der Waals surface area contributed by atoms with Crippen LogP contribution in [0.5, 0.6) is 46.0 Å². The molecule has 0 N–H and O–H groups in total. The van der Waals surface area contributed by atoms with Gasteiger partial charge in [0, 0.05) is 92.4 Å². The lowest BCUT2D eigenvalue weighted by Gasteiger charge is -2.32. The lowest BCUT2D eigenvalue weighted by Crippen LogP contribution is -2.29. The summed E-state index contributed by atoms with van der Waals surface area (Å²) in [6.07, 6.45) is 2.28. The molecule has 0 spiro atoms. The Labute approximate surface area is 504 Å². The lowest BCUT2D eigenvalue weighted by atomic mass is 9.76. The summed E-state index contributed by atoms with van der Waals surface area (Å²) in [6, 6.07) is 7.10. The van der Waals surface area contributed by atoms with Crippen molar-refractivity contribution in [2.75, 3.05) is 28.4 Å². The van der Waals surface area contributed by atoms with Gasteiger partial charge in [-0.2, -0.15) is 86.4 Å². The molecule has 0 heterocycles. The highest BCUT2D eigenvalue weighted by atomic mass is 32.2. The predicted octanol–water partition coefficient (Wildman–Crippen LogP) is 15.8. The van der Waals surface area contributed by atoms with E-state index in [1.165, 1.54) is 0 Å². The minimum absolute atomic E-state index is 0.0844. The first kappa shape index (κ1) is 73.0. The first-order chi connectivity index (χ1) is 40.8. The fourth-order valence-corrected chi connectivity index (χ4v) is 12.4. The van der Waals surface area contributed by atoms with Crippen molar-refractivity contribution in [2.45, 2.75) is 176 Å². The van der Waals surface area contributed by atoms with Crippen LogP contribution >= 0.6 is 0 Å². The minimum atomic E-state index is -6.68. The molecule has 1 aliphatic rings. The van der Waals surface area contributed by atoms with Crippen molar-refractivity contribution in [3.63, 3.8) is 0 Å². The molecule has 4 aromatic carbocycles. The van der Waals surface area contributed by atoms with Crippen molar-refractivity contribution in [3.05, 3.63) is 93.0 Å². The average Bonchev–Trinajstić information content (AvgIpc) is 0.841. The molecule has 0 saturated heterocycles. The Morgan fingerprint density at radius 3 is 0.580 bits per heavy atom. The van der Waals surface area contributed by atoms with E-state index in [9.17, 15) is 86.4 Å². The maximum atomic E-state index is 14.6. The molecule has 0 aliphatic heterocycles. The maximum absolute atomic E-state index is 14.6. The van der Waals surface area contributed by atoms with E-state index in [1.807, 2.05) is 0 Å². The SMILES string of the molecule is CCCCC[C@H]1c2cc(c(OS(=O)(=O)C(F)(F)F)cc2OC)[C@@H](CCCCC)c2cc(c(OS(=O)(=O)C(F)(F)F)cc2OC)[C@@H](CCCCC)c2cc(c(OS(=O)(=O)C(F)(F)F)cc2OC)[C@@H](CCCCC)c2cc1c(OS(=O)(=O)C(F)(F)F)cc2OC. The summed E-state index contributed by atoms with van der Waals surface area (Å²) in [6.45, 7) is 6.98. The van der Waals surface area contributed by atoms with E-state index in [1.54, 1.807) is 27.7 Å². The number of halogens is 12. The second-order valence-corrected chi connectivity index (χ2v) is 26.8. The summed E-state index contributed by atoms with van der Waals surface area (Å²) < 4.78 is 324. The van der Waals surface area contributed by atoms with Crippen molar-refractivity contribution in [1.29, 1.82) is 0 Å². The van der Waals surface area contributed by atoms with Crippen LogP contribution in [0.15, 0.2) is 48.5 Å². The van der Waals surface area contributed by atoms with E-state index in [2.05, 4.69) is 0 Å². The molecule has 0 unspecified atom stereocenters. The third kappa shape index (κ3) is 16.6. The largest absolute Gasteiger partial charge is 0.534 e. The molecular formula is C56H68F12O16S4. The Morgan fingerprint density at radius 1 is 0.284 bits per heavy atom. The van der Waals surface area contributed by atoms with Crippen LogP contribution in [0.1, 0.15) is 199 Å². The highest BCUT2D eigenvalue weighted by Gasteiger charge is 2.53. The van der Waals surface area contributed by atoms with E-state index in [0.717, 1.165) is 52.7 Å². The number of unbranched alkanes of at least 4 members (excludes halogenated alkanes) is 8. The molecule has 496 valence electrons. The van der Waals surface area contributed by atoms with Crippen LogP contribution in [0.3, 0.4) is 0 Å². The molecule has 8 bridgehead atoms. The zero-order chi connectivity index (χ0) is 66.2. The van der Waals surface area contributed by atoms with Gasteiger partial charge < -0.3 is 35.7 Å². The molecular weight excluding hydrogens is 1280 g/mol. The summed E-state index contributed by atoms with van der Waals surface area (Å²) in [4.78, 5) is 0. The highest BCUT2D eigenvalue weighted by Crippen LogP contribution is 2.55. The van der Waals surface area contributed by atoms with Crippen LogP contribution in [0.25, 0.3) is 0 Å². The lowest BCUT2D eigenvalue weighted by molar-refractivity contribution is -0.0505. The Hall–Kier alpha value is -5.76. The third-order valence-electron chi connectivity index (χ3n) is 14.8. The Bertz CT molecular complexity index is 3070. The highest BCUT2D eigenvalue weighted by molar-refractivity contribution is 7.88. The molecule has 1 aliphatic carbocycles. The van der Waals surface area contributed by atoms with Crippen molar-refractivity contribution in [2.24, 2.45) is 0 Å². The molecule has 0 amide bonds. The Kier molecular flexibility index (Phi) is 24.1. The number of alkyl halides is 12. The van der Waals surface area contributed by atoms with Crippen molar-refractivity contribution in [1.82, 2.24) is 0 Å². The summed E-state index contributed by atoms with van der Waals surface area (Å²) in [5.41, 5.74) is -27.5. The Morgan fingerprint density at radius 2 is 0.443 bits per heavy atom. The van der Waals surface area contributed by atoms with Gasteiger partial charge in [-0.1, -0.05) is 105 Å². The fraction of sp³-hybridized carbons (Fsp3) is 0.571. The summed E-state index contributed by atoms with van der Waals surface area (Å²) in [7, 11) is -22.9. The van der Waals surface area contributed by atoms with Gasteiger partial charge in [-0.15, -0.1) is 0 Å². The number of rotatable bonds is 28. The van der Waals surface area contributed by atoms with Gasteiger partial charge in [-0.05, 0) is 49.9 Å². The zero-order valence-electron chi connectivity index (χ0n) is 48.9. The van der Waals surface area contributed by atoms with E-state index in [0.29, 0.717) is 75.6 Å². The number of hydrogen-bond acceptors (Lipinski definition) is 16. The van der Waals surface area contributed by atoms with Crippen molar-refractivity contribution in [3.8, 4) is 46.0 Å². The molecule has 0 fully saturated rings. The van der Waals surface area contributed by atoms with Crippen LogP contribution in [-0.2, 0) is 40.5 Å². The van der Waals surface area contributed by atoms with Crippen LogP contribution in [-0.4, -0.2) is 84.1 Å². The molecule has 16 nitrogen and oxygen atoms in total. The van der Waals surface area contributed by atoms with Gasteiger partial charge in [0.25, 0.3) is 0 Å². The Balaban J connectivity index is 2.32. The van der Waals surface area contributed by atoms with Crippen LogP contribution < -0.4 is 35.7 Å². The van der Waals surface area contributed by atoms with Gasteiger partial charge >= 0.3 is 62.5 Å². The summed E-state index contributed by atoms with van der Waals surface area (Å²) in [5, 5.41) is 0. The van der Waals surface area contributed by atoms with Gasteiger partial charge in [0.15, 0.2) is 0 Å². The van der Waals surface area contributed by atoms with E-state index in [-0.39, 0.29) is 73.6 Å². The van der Waals surface area contributed by atoms with Gasteiger partial charge in [-0.25, -0.2) is 0 Å². The fourth-order valence-electron chi connectivity index (χ4n) is 10.5. The van der Waals surface area contributed by atoms with E-state index < -0.39 is 154 Å². The second-order valence-electron chi connectivity index (χ2n) is 20.7. The number of hydrogen-bond donors (Lipinski definition) is 0. The normalized spacial score (nSPS) is 17.0. The number of benzene rings is 4. The predicted molar refractivity (Wildman–Crippen MR) is 298 cm³/mol. The summed E-state index contributed by atoms with van der Waals surface area (Å²) in [5.74, 6) is -13.0. The third-order valence-corrected chi connectivity index (χ3v) is 18.6. The van der Waals surface area contributed by atoms with E-state index >= 15 is 0 Å². The topological polar surface area (TPSA) is 210 Å². The number of methoxy groups -OCH3 is 4. The molecule has 4 atom stereocenters. The van der Waals surface area contributed by atoms with Crippen LogP contribution in [0.4, 0.5) is 52.7 Å². The maximum Gasteiger partial charge on any atom is 0.534 e. The molecule has 0 radical (unpaired) electrons. The second kappa shape index (κ2) is 29.0. The van der Waals surface area contributed by atoms with Gasteiger partial charge in [-0.3, -0.25) is 0 Å². The average molecular weight is 1350 g/mol. The van der Waals surface area contributed by atoms with Crippen LogP contribution in [0, 0.1) is 0 Å². The molecule has 0 saturated carbocycles. The minimum Gasteiger partial charge on any atom is -0.496 e. The molecule has 0 aromatic heterocycles. The monoisotopic (exact) mass is 1350 g/mol. The first-order valence-electron chi connectivity index (χ1n) is 27.7. The standard InChI is InChI=1S/C56H68F12O16S4/c1-9-13-17-21-33-37-25-42(50(29-45(37)77-5)82-86(71,72)54(60,61)62)35(23-19-15-11-3)39-27-44(52(31-47(39)79-7)84-88(75,76)56(66,67)68)36(24-20-16-12-4)40-28-43(51(32-48(40)80-8)83-87(73,74)55(63,64)65)34(22-18-14-10-2)38-26-41(33)49(30-46(38)78-6)81-85(69,70)53(57,58)59/h25-36H,9-24H2,1-8H3/t33-,34-,35-,36-/m0/s1. The van der Waals surface area contributed by atoms with Crippen LogP contribution in [0.2, 0.25) is 0 Å². The van der Waals surface area contributed by atoms with E-state index in [4.69, 9.17) is 35.7 Å². The first-order valence-corrected chi connectivity index (χ1v) is 33.4.